The van der Waals surface area contributed by atoms with E-state index < -0.39 is 15.6 Å². The molecule has 8 heteroatoms. The van der Waals surface area contributed by atoms with E-state index in [1.807, 2.05) is 0 Å². The summed E-state index contributed by atoms with van der Waals surface area (Å²) in [7, 11) is 0.882. The first kappa shape index (κ1) is 18.1. The van der Waals surface area contributed by atoms with E-state index in [2.05, 4.69) is 0 Å². The van der Waals surface area contributed by atoms with Gasteiger partial charge in [0.25, 0.3) is 0 Å². The number of fused-ring (bicyclic) bond motifs is 1. The number of aromatic nitrogens is 1. The molecule has 0 amide bonds. The molecule has 0 aliphatic rings. The van der Waals surface area contributed by atoms with Crippen molar-refractivity contribution in [3.63, 3.8) is 0 Å². The molecule has 0 aliphatic heterocycles. The minimum Gasteiger partial charge on any atom is -0.497 e. The van der Waals surface area contributed by atoms with E-state index in [-0.39, 0.29) is 10.6 Å². The SMILES string of the molecule is COc1cc(CS(=O)(=O)c2cc3c(cc2C)oc(=O)n3C)cc(OC)c1. The lowest BCUT2D eigenvalue weighted by Gasteiger charge is -2.11. The van der Waals surface area contributed by atoms with Gasteiger partial charge in [0.2, 0.25) is 0 Å². The summed E-state index contributed by atoms with van der Waals surface area (Å²) < 4.78 is 42.7. The molecular formula is C18H19NO6S. The van der Waals surface area contributed by atoms with Gasteiger partial charge in [0.1, 0.15) is 11.5 Å². The predicted molar refractivity (Wildman–Crippen MR) is 96.6 cm³/mol. The Labute approximate surface area is 150 Å². The number of oxazole rings is 1. The highest BCUT2D eigenvalue weighted by Gasteiger charge is 2.21. The number of methoxy groups -OCH3 is 2. The van der Waals surface area contributed by atoms with E-state index >= 15 is 0 Å². The lowest BCUT2D eigenvalue weighted by molar-refractivity contribution is 0.393. The largest absolute Gasteiger partial charge is 0.497 e. The molecular weight excluding hydrogens is 358 g/mol. The number of hydrogen-bond donors (Lipinski definition) is 0. The van der Waals surface area contributed by atoms with Gasteiger partial charge < -0.3 is 13.9 Å². The molecule has 2 aromatic carbocycles. The topological polar surface area (TPSA) is 87.7 Å². The van der Waals surface area contributed by atoms with E-state index in [4.69, 9.17) is 13.9 Å². The first-order valence-electron chi connectivity index (χ1n) is 7.80. The van der Waals surface area contributed by atoms with Crippen molar-refractivity contribution in [2.45, 2.75) is 17.6 Å². The van der Waals surface area contributed by atoms with Crippen molar-refractivity contribution in [3.8, 4) is 11.5 Å². The summed E-state index contributed by atoms with van der Waals surface area (Å²) in [6.45, 7) is 1.67. The number of aryl methyl sites for hydroxylation is 2. The molecule has 0 radical (unpaired) electrons. The summed E-state index contributed by atoms with van der Waals surface area (Å²) in [6.07, 6.45) is 0. The minimum absolute atomic E-state index is 0.156. The van der Waals surface area contributed by atoms with Crippen molar-refractivity contribution in [1.29, 1.82) is 0 Å². The molecule has 0 N–H and O–H groups in total. The van der Waals surface area contributed by atoms with Crippen LogP contribution in [0.4, 0.5) is 0 Å². The van der Waals surface area contributed by atoms with Gasteiger partial charge in [-0.1, -0.05) is 0 Å². The van der Waals surface area contributed by atoms with Crippen LogP contribution < -0.4 is 15.2 Å². The lowest BCUT2D eigenvalue weighted by atomic mass is 10.2. The highest BCUT2D eigenvalue weighted by atomic mass is 32.2. The molecule has 7 nitrogen and oxygen atoms in total. The third-order valence-electron chi connectivity index (χ3n) is 4.19. The van der Waals surface area contributed by atoms with Crippen LogP contribution in [-0.4, -0.2) is 27.2 Å². The standard InChI is InChI=1S/C18H19NO6S/c1-11-5-16-15(19(2)18(20)25-16)9-17(11)26(21,22)10-12-6-13(23-3)8-14(7-12)24-4/h5-9H,10H2,1-4H3. The molecule has 0 aliphatic carbocycles. The molecule has 0 bridgehead atoms. The summed E-state index contributed by atoms with van der Waals surface area (Å²) in [5.74, 6) is 0.267. The first-order valence-corrected chi connectivity index (χ1v) is 9.45. The number of rotatable bonds is 5. The van der Waals surface area contributed by atoms with Gasteiger partial charge in [0, 0.05) is 13.1 Å². The average Bonchev–Trinajstić information content (AvgIpc) is 2.86. The fourth-order valence-electron chi connectivity index (χ4n) is 2.84. The Morgan fingerprint density at radius 3 is 2.23 bits per heavy atom. The summed E-state index contributed by atoms with van der Waals surface area (Å²) in [6, 6.07) is 8.02. The Bertz CT molecular complexity index is 1120. The van der Waals surface area contributed by atoms with Crippen LogP contribution in [0.5, 0.6) is 11.5 Å². The molecule has 26 heavy (non-hydrogen) atoms. The number of hydrogen-bond acceptors (Lipinski definition) is 6. The van der Waals surface area contributed by atoms with Crippen LogP contribution in [0.25, 0.3) is 11.1 Å². The second-order valence-corrected chi connectivity index (χ2v) is 7.95. The average molecular weight is 377 g/mol. The summed E-state index contributed by atoms with van der Waals surface area (Å²) in [5.41, 5.74) is 1.85. The number of sulfone groups is 1. The number of ether oxygens (including phenoxy) is 2. The van der Waals surface area contributed by atoms with Crippen LogP contribution in [0.2, 0.25) is 0 Å². The third kappa shape index (κ3) is 3.20. The zero-order chi connectivity index (χ0) is 19.1. The Kier molecular flexibility index (Phi) is 4.53. The fraction of sp³-hybridized carbons (Fsp3) is 0.278. The van der Waals surface area contributed by atoms with Crippen molar-refractivity contribution in [2.24, 2.45) is 7.05 Å². The van der Waals surface area contributed by atoms with Gasteiger partial charge in [-0.25, -0.2) is 13.2 Å². The molecule has 0 unspecified atom stereocenters. The fourth-order valence-corrected chi connectivity index (χ4v) is 4.44. The van der Waals surface area contributed by atoms with E-state index in [9.17, 15) is 13.2 Å². The molecule has 0 spiro atoms. The van der Waals surface area contributed by atoms with Gasteiger partial charge in [-0.3, -0.25) is 4.57 Å². The smallest absolute Gasteiger partial charge is 0.419 e. The van der Waals surface area contributed by atoms with Gasteiger partial charge in [0.15, 0.2) is 15.4 Å². The van der Waals surface area contributed by atoms with Crippen LogP contribution in [0, 0.1) is 6.92 Å². The van der Waals surface area contributed by atoms with Gasteiger partial charge >= 0.3 is 5.76 Å². The van der Waals surface area contributed by atoms with Crippen LogP contribution in [-0.2, 0) is 22.6 Å². The molecule has 0 fully saturated rings. The lowest BCUT2D eigenvalue weighted by Crippen LogP contribution is -2.10. The monoisotopic (exact) mass is 377 g/mol. The van der Waals surface area contributed by atoms with E-state index in [0.29, 0.717) is 33.7 Å². The molecule has 0 saturated heterocycles. The quantitative estimate of drug-likeness (QED) is 0.679. The van der Waals surface area contributed by atoms with Crippen LogP contribution in [0.1, 0.15) is 11.1 Å². The Hall–Kier alpha value is -2.74. The Balaban J connectivity index is 2.08. The van der Waals surface area contributed by atoms with Gasteiger partial charge in [-0.2, -0.15) is 0 Å². The van der Waals surface area contributed by atoms with Crippen LogP contribution in [0.15, 0.2) is 44.4 Å². The summed E-state index contributed by atoms with van der Waals surface area (Å²) in [4.78, 5) is 11.8. The molecule has 3 rings (SSSR count). The molecule has 0 atom stereocenters. The minimum atomic E-state index is -3.66. The molecule has 1 aromatic heterocycles. The van der Waals surface area contributed by atoms with Crippen molar-refractivity contribution < 1.29 is 22.3 Å². The summed E-state index contributed by atoms with van der Waals surface area (Å²) >= 11 is 0. The maximum Gasteiger partial charge on any atom is 0.419 e. The van der Waals surface area contributed by atoms with Gasteiger partial charge in [-0.15, -0.1) is 0 Å². The van der Waals surface area contributed by atoms with Gasteiger partial charge in [-0.05, 0) is 42.3 Å². The maximum atomic E-state index is 13.0. The molecule has 138 valence electrons. The predicted octanol–water partition coefficient (Wildman–Crippen LogP) is 2.43. The number of benzene rings is 2. The second-order valence-electron chi connectivity index (χ2n) is 5.99. The molecule has 1 heterocycles. The van der Waals surface area contributed by atoms with Crippen molar-refractivity contribution >= 4 is 20.9 Å². The third-order valence-corrected chi connectivity index (χ3v) is 6.02. The molecule has 3 aromatic rings. The zero-order valence-electron chi connectivity index (χ0n) is 14.9. The van der Waals surface area contributed by atoms with Crippen LogP contribution in [0.3, 0.4) is 0 Å². The van der Waals surface area contributed by atoms with Gasteiger partial charge in [0.05, 0.1) is 30.4 Å². The Morgan fingerprint density at radius 2 is 1.65 bits per heavy atom. The van der Waals surface area contributed by atoms with Crippen molar-refractivity contribution in [2.75, 3.05) is 14.2 Å². The zero-order valence-corrected chi connectivity index (χ0v) is 15.7. The van der Waals surface area contributed by atoms with E-state index in [0.717, 1.165) is 0 Å². The van der Waals surface area contributed by atoms with Crippen molar-refractivity contribution in [3.05, 3.63) is 52.0 Å². The number of nitrogens with zero attached hydrogens (tertiary/aromatic N) is 1. The van der Waals surface area contributed by atoms with E-state index in [1.54, 1.807) is 31.2 Å². The Morgan fingerprint density at radius 1 is 1.04 bits per heavy atom. The first-order chi connectivity index (χ1) is 12.2. The highest BCUT2D eigenvalue weighted by Crippen LogP contribution is 2.28. The van der Waals surface area contributed by atoms with Crippen molar-refractivity contribution in [1.82, 2.24) is 4.57 Å². The van der Waals surface area contributed by atoms with E-state index in [1.165, 1.54) is 31.9 Å². The normalized spacial score (nSPS) is 11.7. The maximum absolute atomic E-state index is 13.0. The summed E-state index contributed by atoms with van der Waals surface area (Å²) in [5, 5.41) is 0. The molecule has 0 saturated carbocycles. The highest BCUT2D eigenvalue weighted by molar-refractivity contribution is 7.90. The van der Waals surface area contributed by atoms with Crippen LogP contribution >= 0.6 is 0 Å². The second kappa shape index (κ2) is 6.53.